The smallest absolute Gasteiger partial charge is 0.409 e. The minimum Gasteiger partial charge on any atom is -0.465 e. The fourth-order valence-electron chi connectivity index (χ4n) is 0.782. The normalized spacial score (nSPS) is 11.9. The Morgan fingerprint density at radius 1 is 1.60 bits per heavy atom. The van der Waals surface area contributed by atoms with Crippen LogP contribution in [-0.4, -0.2) is 39.0 Å². The van der Waals surface area contributed by atoms with E-state index in [0.717, 1.165) is 0 Å². The molecule has 1 amide bonds. The molecular formula is C8H11N3O4. The van der Waals surface area contributed by atoms with E-state index in [9.17, 15) is 4.79 Å². The summed E-state index contributed by atoms with van der Waals surface area (Å²) in [5.74, 6) is 0. The lowest BCUT2D eigenvalue weighted by atomic mass is 10.4. The lowest BCUT2D eigenvalue weighted by Gasteiger charge is -2.09. The van der Waals surface area contributed by atoms with Gasteiger partial charge in [0, 0.05) is 0 Å². The summed E-state index contributed by atoms with van der Waals surface area (Å²) in [5.41, 5.74) is 0.256. The van der Waals surface area contributed by atoms with Gasteiger partial charge >= 0.3 is 12.1 Å². The van der Waals surface area contributed by atoms with E-state index in [1.165, 1.54) is 12.4 Å². The maximum Gasteiger partial charge on any atom is 0.409 e. The zero-order valence-electron chi connectivity index (χ0n) is 8.04. The molecule has 0 aliphatic rings. The van der Waals surface area contributed by atoms with Gasteiger partial charge in [-0.2, -0.15) is 0 Å². The molecule has 1 heterocycles. The number of hydrogen-bond donors (Lipinski definition) is 3. The number of ether oxygens (including phenoxy) is 1. The van der Waals surface area contributed by atoms with E-state index in [-0.39, 0.29) is 18.3 Å². The number of aromatic nitrogens is 2. The first-order chi connectivity index (χ1) is 7.11. The zero-order valence-corrected chi connectivity index (χ0v) is 8.04. The van der Waals surface area contributed by atoms with Crippen molar-refractivity contribution in [3.63, 3.8) is 0 Å². The van der Waals surface area contributed by atoms with Crippen LogP contribution in [0.2, 0.25) is 0 Å². The van der Waals surface area contributed by atoms with Gasteiger partial charge in [0.05, 0.1) is 24.7 Å². The molecule has 0 saturated heterocycles. The Hall–Kier alpha value is -1.89. The van der Waals surface area contributed by atoms with Crippen molar-refractivity contribution in [2.45, 2.75) is 13.0 Å². The van der Waals surface area contributed by atoms with Gasteiger partial charge in [-0.15, -0.1) is 0 Å². The van der Waals surface area contributed by atoms with Gasteiger partial charge in [-0.1, -0.05) is 0 Å². The summed E-state index contributed by atoms with van der Waals surface area (Å²) >= 11 is 0. The van der Waals surface area contributed by atoms with Crippen LogP contribution in [0.25, 0.3) is 0 Å². The van der Waals surface area contributed by atoms with Crippen molar-refractivity contribution in [3.8, 4) is 6.01 Å². The summed E-state index contributed by atoms with van der Waals surface area (Å²) in [7, 11) is 0. The summed E-state index contributed by atoms with van der Waals surface area (Å²) in [6.07, 6.45) is 0.973. The first kappa shape index (κ1) is 11.2. The second kappa shape index (κ2) is 5.11. The molecule has 0 unspecified atom stereocenters. The largest absolute Gasteiger partial charge is 0.465 e. The summed E-state index contributed by atoms with van der Waals surface area (Å²) in [6, 6.07) is 0.0903. The number of anilines is 1. The van der Waals surface area contributed by atoms with Gasteiger partial charge in [0.2, 0.25) is 0 Å². The van der Waals surface area contributed by atoms with E-state index < -0.39 is 12.2 Å². The lowest BCUT2D eigenvalue weighted by molar-refractivity contribution is 0.120. The number of nitrogens with zero attached hydrogens (tertiary/aromatic N) is 2. The number of amides is 1. The summed E-state index contributed by atoms with van der Waals surface area (Å²) in [5, 5.41) is 19.2. The molecule has 0 aromatic carbocycles. The maximum atomic E-state index is 10.2. The molecule has 1 atom stereocenters. The van der Waals surface area contributed by atoms with Crippen LogP contribution in [0.4, 0.5) is 10.5 Å². The number of aliphatic hydroxyl groups excluding tert-OH is 1. The van der Waals surface area contributed by atoms with Crippen LogP contribution >= 0.6 is 0 Å². The third-order valence-electron chi connectivity index (χ3n) is 1.44. The SMILES string of the molecule is C[C@H](CO)Oc1ncc(NC(=O)O)cn1. The molecule has 3 N–H and O–H groups in total. The molecule has 1 aromatic rings. The Morgan fingerprint density at radius 2 is 2.20 bits per heavy atom. The van der Waals surface area contributed by atoms with Crippen molar-refractivity contribution in [1.29, 1.82) is 0 Å². The average molecular weight is 213 g/mol. The molecule has 7 nitrogen and oxygen atoms in total. The number of nitrogens with one attached hydrogen (secondary N) is 1. The molecule has 82 valence electrons. The molecule has 15 heavy (non-hydrogen) atoms. The summed E-state index contributed by atoms with van der Waals surface area (Å²) < 4.78 is 5.08. The Morgan fingerprint density at radius 3 is 2.67 bits per heavy atom. The zero-order chi connectivity index (χ0) is 11.3. The highest BCUT2D eigenvalue weighted by atomic mass is 16.5. The highest BCUT2D eigenvalue weighted by Crippen LogP contribution is 2.08. The van der Waals surface area contributed by atoms with Crippen molar-refractivity contribution >= 4 is 11.8 Å². The van der Waals surface area contributed by atoms with E-state index in [1.54, 1.807) is 6.92 Å². The van der Waals surface area contributed by atoms with Gasteiger partial charge in [0.1, 0.15) is 6.10 Å². The first-order valence-corrected chi connectivity index (χ1v) is 4.21. The monoisotopic (exact) mass is 213 g/mol. The fourth-order valence-corrected chi connectivity index (χ4v) is 0.782. The third-order valence-corrected chi connectivity index (χ3v) is 1.44. The molecule has 1 rings (SSSR count). The minimum atomic E-state index is -1.18. The van der Waals surface area contributed by atoms with Gasteiger partial charge in [-0.05, 0) is 6.92 Å². The number of carboxylic acid groups (broad SMARTS) is 1. The third kappa shape index (κ3) is 3.77. The molecule has 0 bridgehead atoms. The molecule has 0 aliphatic heterocycles. The molecule has 0 spiro atoms. The van der Waals surface area contributed by atoms with Crippen LogP contribution in [-0.2, 0) is 0 Å². The second-order valence-corrected chi connectivity index (χ2v) is 2.80. The molecule has 1 aromatic heterocycles. The maximum absolute atomic E-state index is 10.2. The Balaban J connectivity index is 2.60. The van der Waals surface area contributed by atoms with Crippen LogP contribution in [0, 0.1) is 0 Å². The molecule has 0 fully saturated rings. The van der Waals surface area contributed by atoms with Gasteiger partial charge < -0.3 is 14.9 Å². The predicted molar refractivity (Wildman–Crippen MR) is 50.9 cm³/mol. The van der Waals surface area contributed by atoms with Crippen LogP contribution < -0.4 is 10.1 Å². The fraction of sp³-hybridized carbons (Fsp3) is 0.375. The standard InChI is InChI=1S/C8H11N3O4/c1-5(4-12)15-7-9-2-6(3-10-7)11-8(13)14/h2-3,5,11-12H,4H2,1H3,(H,13,14)/t5-/m1/s1. The Kier molecular flexibility index (Phi) is 3.81. The summed E-state index contributed by atoms with van der Waals surface area (Å²) in [4.78, 5) is 17.7. The topological polar surface area (TPSA) is 105 Å². The van der Waals surface area contributed by atoms with E-state index in [2.05, 4.69) is 15.3 Å². The van der Waals surface area contributed by atoms with Crippen LogP contribution in [0.5, 0.6) is 6.01 Å². The average Bonchev–Trinajstić information content (AvgIpc) is 2.20. The van der Waals surface area contributed by atoms with Gasteiger partial charge in [-0.25, -0.2) is 14.8 Å². The quantitative estimate of drug-likeness (QED) is 0.665. The number of aliphatic hydroxyl groups is 1. The highest BCUT2D eigenvalue weighted by Gasteiger charge is 2.05. The van der Waals surface area contributed by atoms with E-state index >= 15 is 0 Å². The second-order valence-electron chi connectivity index (χ2n) is 2.80. The lowest BCUT2D eigenvalue weighted by Crippen LogP contribution is -2.17. The summed E-state index contributed by atoms with van der Waals surface area (Å²) in [6.45, 7) is 1.52. The van der Waals surface area contributed by atoms with Crippen LogP contribution in [0.1, 0.15) is 6.92 Å². The molecule has 0 radical (unpaired) electrons. The van der Waals surface area contributed by atoms with E-state index in [1.807, 2.05) is 0 Å². The molecule has 7 heteroatoms. The number of carbonyl (C=O) groups is 1. The van der Waals surface area contributed by atoms with Crippen molar-refractivity contribution in [2.75, 3.05) is 11.9 Å². The van der Waals surface area contributed by atoms with Gasteiger partial charge in [-0.3, -0.25) is 5.32 Å². The van der Waals surface area contributed by atoms with Crippen molar-refractivity contribution < 1.29 is 19.7 Å². The van der Waals surface area contributed by atoms with E-state index in [4.69, 9.17) is 14.9 Å². The number of hydrogen-bond acceptors (Lipinski definition) is 5. The predicted octanol–water partition coefficient (Wildman–Crippen LogP) is 0.326. The minimum absolute atomic E-state index is 0.0903. The van der Waals surface area contributed by atoms with E-state index in [0.29, 0.717) is 0 Å². The van der Waals surface area contributed by atoms with Crippen molar-refractivity contribution in [3.05, 3.63) is 12.4 Å². The first-order valence-electron chi connectivity index (χ1n) is 4.21. The Labute approximate surface area is 85.7 Å². The van der Waals surface area contributed by atoms with Crippen molar-refractivity contribution in [1.82, 2.24) is 9.97 Å². The molecule has 0 aliphatic carbocycles. The molecular weight excluding hydrogens is 202 g/mol. The van der Waals surface area contributed by atoms with Crippen LogP contribution in [0.15, 0.2) is 12.4 Å². The van der Waals surface area contributed by atoms with Gasteiger partial charge in [0.15, 0.2) is 0 Å². The van der Waals surface area contributed by atoms with Crippen LogP contribution in [0.3, 0.4) is 0 Å². The van der Waals surface area contributed by atoms with Crippen molar-refractivity contribution in [2.24, 2.45) is 0 Å². The number of rotatable bonds is 4. The van der Waals surface area contributed by atoms with Gasteiger partial charge in [0.25, 0.3) is 0 Å². The highest BCUT2D eigenvalue weighted by molar-refractivity contribution is 5.82. The Bertz CT molecular complexity index is 327. The molecule has 0 saturated carbocycles.